The fraction of sp³-hybridized carbons (Fsp3) is 0.385. The van der Waals surface area contributed by atoms with Gasteiger partial charge in [-0.15, -0.1) is 0 Å². The van der Waals surface area contributed by atoms with Crippen LogP contribution in [0.4, 0.5) is 5.13 Å². The van der Waals surface area contributed by atoms with Crippen molar-refractivity contribution in [3.8, 4) is 5.75 Å². The molecule has 1 atom stereocenters. The molecule has 1 unspecified atom stereocenters. The number of nitrogens with zero attached hydrogens (tertiary/aromatic N) is 1. The summed E-state index contributed by atoms with van der Waals surface area (Å²) in [5, 5.41) is 3.32. The van der Waals surface area contributed by atoms with Crippen molar-refractivity contribution < 1.29 is 14.3 Å². The van der Waals surface area contributed by atoms with Gasteiger partial charge in [-0.25, -0.2) is 4.98 Å². The summed E-state index contributed by atoms with van der Waals surface area (Å²) >= 11 is 1.40. The van der Waals surface area contributed by atoms with Crippen LogP contribution < -0.4 is 15.8 Å². The van der Waals surface area contributed by atoms with E-state index in [1.165, 1.54) is 18.4 Å². The molecule has 0 fully saturated rings. The second-order valence-electron chi connectivity index (χ2n) is 4.20. The molecule has 0 aliphatic rings. The number of benzene rings is 1. The van der Waals surface area contributed by atoms with E-state index in [1.54, 1.807) is 7.11 Å². The molecule has 3 N–H and O–H groups in total. The maximum absolute atomic E-state index is 11.8. The maximum Gasteiger partial charge on any atom is 0.228 e. The monoisotopic (exact) mass is 295 g/mol. The molecule has 0 saturated carbocycles. The average Bonchev–Trinajstić information content (AvgIpc) is 2.85. The molecule has 1 aromatic heterocycles. The van der Waals surface area contributed by atoms with Gasteiger partial charge in [-0.2, -0.15) is 0 Å². The lowest BCUT2D eigenvalue weighted by Crippen LogP contribution is -2.28. The van der Waals surface area contributed by atoms with E-state index >= 15 is 0 Å². The fourth-order valence-corrected chi connectivity index (χ4v) is 2.64. The number of anilines is 1. The molecule has 0 aliphatic carbocycles. The number of hydrogen-bond donors (Lipinski definition) is 2. The van der Waals surface area contributed by atoms with Gasteiger partial charge < -0.3 is 20.5 Å². The zero-order valence-corrected chi connectivity index (χ0v) is 12.2. The summed E-state index contributed by atoms with van der Waals surface area (Å²) < 4.78 is 11.2. The minimum atomic E-state index is -0.274. The lowest BCUT2D eigenvalue weighted by atomic mass is 10.2. The van der Waals surface area contributed by atoms with Crippen molar-refractivity contribution in [1.82, 2.24) is 4.98 Å². The highest BCUT2D eigenvalue weighted by Crippen LogP contribution is 2.29. The number of rotatable bonds is 6. The number of thiazole rings is 1. The van der Waals surface area contributed by atoms with E-state index in [1.807, 2.05) is 18.2 Å². The SMILES string of the molecule is COc1ccc2nc(NC(=O)CC(CN)OC)sc2c1. The van der Waals surface area contributed by atoms with Crippen LogP contribution >= 0.6 is 11.3 Å². The Balaban J connectivity index is 2.08. The molecule has 1 aromatic carbocycles. The van der Waals surface area contributed by atoms with E-state index in [9.17, 15) is 4.79 Å². The van der Waals surface area contributed by atoms with Gasteiger partial charge in [-0.3, -0.25) is 4.79 Å². The zero-order valence-electron chi connectivity index (χ0n) is 11.4. The zero-order chi connectivity index (χ0) is 14.5. The molecule has 2 rings (SSSR count). The van der Waals surface area contributed by atoms with Crippen molar-refractivity contribution in [1.29, 1.82) is 0 Å². The third-order valence-electron chi connectivity index (χ3n) is 2.85. The number of fused-ring (bicyclic) bond motifs is 1. The molecule has 20 heavy (non-hydrogen) atoms. The first kappa shape index (κ1) is 14.7. The van der Waals surface area contributed by atoms with Crippen molar-refractivity contribution in [3.05, 3.63) is 18.2 Å². The molecular formula is C13H17N3O3S. The minimum Gasteiger partial charge on any atom is -0.497 e. The van der Waals surface area contributed by atoms with Crippen LogP contribution in [0.2, 0.25) is 0 Å². The third kappa shape index (κ3) is 3.44. The number of aromatic nitrogens is 1. The largest absolute Gasteiger partial charge is 0.497 e. The van der Waals surface area contributed by atoms with Gasteiger partial charge in [0, 0.05) is 13.7 Å². The van der Waals surface area contributed by atoms with Gasteiger partial charge in [0.1, 0.15) is 5.75 Å². The van der Waals surface area contributed by atoms with Crippen LogP contribution in [0.5, 0.6) is 5.75 Å². The van der Waals surface area contributed by atoms with E-state index in [2.05, 4.69) is 10.3 Å². The fourth-order valence-electron chi connectivity index (χ4n) is 1.73. The van der Waals surface area contributed by atoms with E-state index < -0.39 is 0 Å². The molecule has 2 aromatic rings. The van der Waals surface area contributed by atoms with E-state index in [-0.39, 0.29) is 18.4 Å². The van der Waals surface area contributed by atoms with Crippen LogP contribution in [0.3, 0.4) is 0 Å². The lowest BCUT2D eigenvalue weighted by molar-refractivity contribution is -0.118. The van der Waals surface area contributed by atoms with Crippen LogP contribution in [0, 0.1) is 0 Å². The molecule has 0 radical (unpaired) electrons. The molecule has 0 bridgehead atoms. The summed E-state index contributed by atoms with van der Waals surface area (Å²) in [6.07, 6.45) is -0.0591. The molecule has 0 saturated heterocycles. The summed E-state index contributed by atoms with van der Waals surface area (Å²) in [5.74, 6) is 0.606. The first-order valence-electron chi connectivity index (χ1n) is 6.13. The normalized spacial score (nSPS) is 12.3. The third-order valence-corrected chi connectivity index (χ3v) is 3.78. The molecule has 1 heterocycles. The maximum atomic E-state index is 11.8. The Morgan fingerprint density at radius 2 is 2.30 bits per heavy atom. The van der Waals surface area contributed by atoms with Crippen molar-refractivity contribution in [3.63, 3.8) is 0 Å². The van der Waals surface area contributed by atoms with E-state index in [0.29, 0.717) is 11.7 Å². The Bertz CT molecular complexity index is 596. The van der Waals surface area contributed by atoms with Gasteiger partial charge in [-0.1, -0.05) is 11.3 Å². The van der Waals surface area contributed by atoms with Crippen molar-refractivity contribution >= 4 is 32.6 Å². The highest BCUT2D eigenvalue weighted by atomic mass is 32.1. The van der Waals surface area contributed by atoms with Gasteiger partial charge in [0.25, 0.3) is 0 Å². The number of methoxy groups -OCH3 is 2. The molecule has 0 spiro atoms. The Labute approximate surface area is 120 Å². The number of hydrogen-bond acceptors (Lipinski definition) is 6. The summed E-state index contributed by atoms with van der Waals surface area (Å²) in [6, 6.07) is 5.59. The Morgan fingerprint density at radius 1 is 1.50 bits per heavy atom. The van der Waals surface area contributed by atoms with Gasteiger partial charge in [0.2, 0.25) is 5.91 Å². The van der Waals surface area contributed by atoms with Crippen molar-refractivity contribution in [2.24, 2.45) is 5.73 Å². The Hall–Kier alpha value is -1.70. The predicted octanol–water partition coefficient (Wildman–Crippen LogP) is 1.61. The van der Waals surface area contributed by atoms with Crippen LogP contribution in [0.15, 0.2) is 18.2 Å². The highest BCUT2D eigenvalue weighted by Gasteiger charge is 2.13. The molecule has 6 nitrogen and oxygen atoms in total. The number of carbonyl (C=O) groups excluding carboxylic acids is 1. The predicted molar refractivity (Wildman–Crippen MR) is 79.3 cm³/mol. The minimum absolute atomic E-state index is 0.159. The first-order chi connectivity index (χ1) is 9.66. The Kier molecular flexibility index (Phi) is 4.89. The van der Waals surface area contributed by atoms with Gasteiger partial charge in [-0.05, 0) is 18.2 Å². The lowest BCUT2D eigenvalue weighted by Gasteiger charge is -2.11. The second-order valence-corrected chi connectivity index (χ2v) is 5.23. The summed E-state index contributed by atoms with van der Waals surface area (Å²) in [5.41, 5.74) is 6.31. The standard InChI is InChI=1S/C13H17N3O3S/c1-18-8-3-4-10-11(5-8)20-13(15-10)16-12(17)6-9(7-14)19-2/h3-5,9H,6-7,14H2,1-2H3,(H,15,16,17). The molecule has 7 heteroatoms. The molecule has 1 amide bonds. The smallest absolute Gasteiger partial charge is 0.228 e. The van der Waals surface area contributed by atoms with E-state index in [4.69, 9.17) is 15.2 Å². The average molecular weight is 295 g/mol. The van der Waals surface area contributed by atoms with Crippen molar-refractivity contribution in [2.75, 3.05) is 26.1 Å². The molecular weight excluding hydrogens is 278 g/mol. The number of nitrogens with two attached hydrogens (primary N) is 1. The van der Waals surface area contributed by atoms with Crippen LogP contribution in [-0.4, -0.2) is 37.8 Å². The van der Waals surface area contributed by atoms with Crippen LogP contribution in [0.1, 0.15) is 6.42 Å². The van der Waals surface area contributed by atoms with E-state index in [0.717, 1.165) is 16.0 Å². The molecule has 108 valence electrons. The second kappa shape index (κ2) is 6.65. The number of carbonyl (C=O) groups is 1. The summed E-state index contributed by atoms with van der Waals surface area (Å²) in [7, 11) is 3.15. The number of nitrogens with one attached hydrogen (secondary N) is 1. The van der Waals surface area contributed by atoms with Crippen molar-refractivity contribution in [2.45, 2.75) is 12.5 Å². The quantitative estimate of drug-likeness (QED) is 0.845. The molecule has 0 aliphatic heterocycles. The van der Waals surface area contributed by atoms with Gasteiger partial charge in [0.05, 0.1) is 29.9 Å². The highest BCUT2D eigenvalue weighted by molar-refractivity contribution is 7.22. The van der Waals surface area contributed by atoms with Gasteiger partial charge in [0.15, 0.2) is 5.13 Å². The summed E-state index contributed by atoms with van der Waals surface area (Å²) in [4.78, 5) is 16.2. The first-order valence-corrected chi connectivity index (χ1v) is 6.95. The number of ether oxygens (including phenoxy) is 2. The summed E-state index contributed by atoms with van der Waals surface area (Å²) in [6.45, 7) is 0.307. The Morgan fingerprint density at radius 3 is 2.95 bits per heavy atom. The van der Waals surface area contributed by atoms with Crippen LogP contribution in [0.25, 0.3) is 10.2 Å². The topological polar surface area (TPSA) is 86.5 Å². The van der Waals surface area contributed by atoms with Crippen LogP contribution in [-0.2, 0) is 9.53 Å². The van der Waals surface area contributed by atoms with Gasteiger partial charge >= 0.3 is 0 Å². The number of amides is 1.